The van der Waals surface area contributed by atoms with Crippen molar-refractivity contribution >= 4 is 17.5 Å². The molecule has 2 heterocycles. The molecule has 28 heavy (non-hydrogen) atoms. The first-order valence-corrected chi connectivity index (χ1v) is 9.52. The van der Waals surface area contributed by atoms with Crippen molar-refractivity contribution < 1.29 is 13.9 Å². The number of hydrogen-bond donors (Lipinski definition) is 0. The third-order valence-corrected chi connectivity index (χ3v) is 4.86. The van der Waals surface area contributed by atoms with Gasteiger partial charge >= 0.3 is 0 Å². The van der Waals surface area contributed by atoms with Gasteiger partial charge in [-0.3, -0.25) is 9.48 Å². The molecule has 0 radical (unpaired) electrons. The summed E-state index contributed by atoms with van der Waals surface area (Å²) in [5.41, 5.74) is 3.08. The van der Waals surface area contributed by atoms with E-state index in [1.807, 2.05) is 37.6 Å². The topological polar surface area (TPSA) is 60.5 Å². The van der Waals surface area contributed by atoms with Crippen molar-refractivity contribution in [3.8, 4) is 5.75 Å². The molecule has 6 nitrogen and oxygen atoms in total. The molecule has 0 bridgehead atoms. The van der Waals surface area contributed by atoms with Crippen molar-refractivity contribution in [3.05, 3.63) is 69.9 Å². The van der Waals surface area contributed by atoms with Crippen LogP contribution in [0, 0.1) is 13.8 Å². The number of benzene rings is 1. The van der Waals surface area contributed by atoms with Crippen molar-refractivity contribution in [2.75, 3.05) is 7.05 Å². The Morgan fingerprint density at radius 1 is 1.29 bits per heavy atom. The van der Waals surface area contributed by atoms with Crippen LogP contribution in [0.2, 0.25) is 5.02 Å². The molecular weight excluding hydrogens is 378 g/mol. The summed E-state index contributed by atoms with van der Waals surface area (Å²) >= 11 is 5.95. The van der Waals surface area contributed by atoms with Crippen LogP contribution in [0.15, 0.2) is 40.8 Å². The van der Waals surface area contributed by atoms with E-state index in [-0.39, 0.29) is 18.3 Å². The SMILES string of the molecule is CCn1nc(C)c(CN(C)C(=O)c2ccc(COc3cccc(Cl)c3)o2)c1C. The standard InChI is InChI=1S/C21H24ClN3O3/c1-5-25-15(3)19(14(2)23-25)12-24(4)21(26)20-10-9-18(28-20)13-27-17-8-6-7-16(22)11-17/h6-11H,5,12-13H2,1-4H3. The number of rotatable bonds is 7. The number of carbonyl (C=O) groups is 1. The minimum absolute atomic E-state index is 0.183. The summed E-state index contributed by atoms with van der Waals surface area (Å²) < 4.78 is 13.3. The van der Waals surface area contributed by atoms with Crippen molar-refractivity contribution in [2.45, 2.75) is 40.5 Å². The van der Waals surface area contributed by atoms with Gasteiger partial charge in [0.1, 0.15) is 18.1 Å². The average Bonchev–Trinajstić information content (AvgIpc) is 3.25. The predicted molar refractivity (Wildman–Crippen MR) is 108 cm³/mol. The highest BCUT2D eigenvalue weighted by atomic mass is 35.5. The van der Waals surface area contributed by atoms with Crippen LogP contribution in [0.3, 0.4) is 0 Å². The van der Waals surface area contributed by atoms with Crippen molar-refractivity contribution in [1.29, 1.82) is 0 Å². The number of halogens is 1. The van der Waals surface area contributed by atoms with Gasteiger partial charge in [-0.15, -0.1) is 0 Å². The molecule has 2 aromatic heterocycles. The van der Waals surface area contributed by atoms with Crippen LogP contribution < -0.4 is 4.74 Å². The summed E-state index contributed by atoms with van der Waals surface area (Å²) in [6.45, 7) is 7.54. The fourth-order valence-electron chi connectivity index (χ4n) is 3.05. The van der Waals surface area contributed by atoms with Crippen molar-refractivity contribution in [3.63, 3.8) is 0 Å². The first kappa shape index (κ1) is 20.0. The highest BCUT2D eigenvalue weighted by molar-refractivity contribution is 6.30. The lowest BCUT2D eigenvalue weighted by molar-refractivity contribution is 0.0749. The average molecular weight is 402 g/mol. The second-order valence-electron chi connectivity index (χ2n) is 6.64. The van der Waals surface area contributed by atoms with Gasteiger partial charge in [-0.1, -0.05) is 17.7 Å². The molecule has 3 rings (SSSR count). The van der Waals surface area contributed by atoms with E-state index in [9.17, 15) is 4.79 Å². The molecule has 0 aliphatic rings. The first-order chi connectivity index (χ1) is 13.4. The van der Waals surface area contributed by atoms with Gasteiger partial charge < -0.3 is 14.1 Å². The van der Waals surface area contributed by atoms with E-state index < -0.39 is 0 Å². The maximum atomic E-state index is 12.7. The lowest BCUT2D eigenvalue weighted by atomic mass is 10.2. The maximum absolute atomic E-state index is 12.7. The van der Waals surface area contributed by atoms with Gasteiger partial charge in [-0.2, -0.15) is 5.10 Å². The van der Waals surface area contributed by atoms with Crippen LogP contribution in [-0.2, 0) is 19.7 Å². The number of amides is 1. The van der Waals surface area contributed by atoms with E-state index in [2.05, 4.69) is 5.10 Å². The summed E-state index contributed by atoms with van der Waals surface area (Å²) in [4.78, 5) is 14.4. The Balaban J connectivity index is 1.64. The Labute approximate surface area is 169 Å². The van der Waals surface area contributed by atoms with Crippen LogP contribution in [-0.4, -0.2) is 27.6 Å². The molecule has 0 unspecified atom stereocenters. The summed E-state index contributed by atoms with van der Waals surface area (Å²) in [5, 5.41) is 5.11. The number of hydrogen-bond acceptors (Lipinski definition) is 4. The van der Waals surface area contributed by atoms with Gasteiger partial charge in [0.05, 0.1) is 5.69 Å². The van der Waals surface area contributed by atoms with Crippen LogP contribution >= 0.6 is 11.6 Å². The lowest BCUT2D eigenvalue weighted by Gasteiger charge is -2.16. The Kier molecular flexibility index (Phi) is 6.09. The van der Waals surface area contributed by atoms with E-state index in [1.54, 1.807) is 36.2 Å². The van der Waals surface area contributed by atoms with Gasteiger partial charge in [0.25, 0.3) is 5.91 Å². The normalized spacial score (nSPS) is 10.9. The minimum Gasteiger partial charge on any atom is -0.486 e. The zero-order valence-electron chi connectivity index (χ0n) is 16.5. The molecular formula is C21H24ClN3O3. The fraction of sp³-hybridized carbons (Fsp3) is 0.333. The number of ether oxygens (including phenoxy) is 1. The second kappa shape index (κ2) is 8.52. The monoisotopic (exact) mass is 401 g/mol. The Morgan fingerprint density at radius 2 is 2.07 bits per heavy atom. The summed E-state index contributed by atoms with van der Waals surface area (Å²) in [7, 11) is 1.76. The second-order valence-corrected chi connectivity index (χ2v) is 7.07. The summed E-state index contributed by atoms with van der Waals surface area (Å²) in [6.07, 6.45) is 0. The van der Waals surface area contributed by atoms with Crippen LogP contribution in [0.5, 0.6) is 5.75 Å². The lowest BCUT2D eigenvalue weighted by Crippen LogP contribution is -2.26. The highest BCUT2D eigenvalue weighted by Crippen LogP contribution is 2.20. The molecule has 148 valence electrons. The zero-order chi connectivity index (χ0) is 20.3. The van der Waals surface area contributed by atoms with Crippen molar-refractivity contribution in [2.24, 2.45) is 0 Å². The molecule has 0 saturated carbocycles. The van der Waals surface area contributed by atoms with Gasteiger partial charge in [-0.25, -0.2) is 0 Å². The van der Waals surface area contributed by atoms with Crippen LogP contribution in [0.1, 0.15) is 40.2 Å². The Morgan fingerprint density at radius 3 is 2.75 bits per heavy atom. The number of furan rings is 1. The van der Waals surface area contributed by atoms with Gasteiger partial charge in [0.15, 0.2) is 5.76 Å². The van der Waals surface area contributed by atoms with Crippen LogP contribution in [0.4, 0.5) is 0 Å². The summed E-state index contributed by atoms with van der Waals surface area (Å²) in [5.74, 6) is 1.32. The van der Waals surface area contributed by atoms with E-state index in [4.69, 9.17) is 20.8 Å². The molecule has 0 spiro atoms. The maximum Gasteiger partial charge on any atom is 0.289 e. The molecule has 1 aromatic carbocycles. The smallest absolute Gasteiger partial charge is 0.289 e. The largest absolute Gasteiger partial charge is 0.486 e. The molecule has 0 N–H and O–H groups in total. The molecule has 0 fully saturated rings. The number of aromatic nitrogens is 2. The first-order valence-electron chi connectivity index (χ1n) is 9.14. The van der Waals surface area contributed by atoms with Gasteiger partial charge in [0, 0.05) is 36.4 Å². The van der Waals surface area contributed by atoms with Gasteiger partial charge in [0.2, 0.25) is 0 Å². The van der Waals surface area contributed by atoms with E-state index in [0.29, 0.717) is 23.1 Å². The van der Waals surface area contributed by atoms with E-state index in [1.165, 1.54) is 0 Å². The third kappa shape index (κ3) is 4.39. The van der Waals surface area contributed by atoms with E-state index >= 15 is 0 Å². The fourth-order valence-corrected chi connectivity index (χ4v) is 3.23. The molecule has 0 saturated heterocycles. The predicted octanol–water partition coefficient (Wildman–Crippen LogP) is 4.62. The Hall–Kier alpha value is -2.73. The Bertz CT molecular complexity index is 977. The number of carbonyl (C=O) groups excluding carboxylic acids is 1. The molecule has 0 aliphatic carbocycles. The number of aryl methyl sites for hydroxylation is 2. The quantitative estimate of drug-likeness (QED) is 0.579. The highest BCUT2D eigenvalue weighted by Gasteiger charge is 2.20. The molecule has 0 aliphatic heterocycles. The molecule has 3 aromatic rings. The molecule has 7 heteroatoms. The van der Waals surface area contributed by atoms with E-state index in [0.717, 1.165) is 23.5 Å². The minimum atomic E-state index is -0.183. The zero-order valence-corrected chi connectivity index (χ0v) is 17.3. The van der Waals surface area contributed by atoms with Gasteiger partial charge in [-0.05, 0) is 51.1 Å². The third-order valence-electron chi connectivity index (χ3n) is 4.62. The van der Waals surface area contributed by atoms with Crippen LogP contribution in [0.25, 0.3) is 0 Å². The molecule has 0 atom stereocenters. The summed E-state index contributed by atoms with van der Waals surface area (Å²) in [6, 6.07) is 10.6. The molecule has 1 amide bonds. The number of nitrogens with zero attached hydrogens (tertiary/aromatic N) is 3. The van der Waals surface area contributed by atoms with Crippen molar-refractivity contribution in [1.82, 2.24) is 14.7 Å².